The highest BCUT2D eigenvalue weighted by molar-refractivity contribution is 9.10. The van der Waals surface area contributed by atoms with Crippen molar-refractivity contribution in [2.45, 2.75) is 6.04 Å². The van der Waals surface area contributed by atoms with E-state index in [0.29, 0.717) is 5.95 Å². The fraction of sp³-hybridized carbons (Fsp3) is 0.0588. The van der Waals surface area contributed by atoms with Gasteiger partial charge in [-0.2, -0.15) is 0 Å². The first-order valence-electron chi connectivity index (χ1n) is 7.08. The second-order valence-electron chi connectivity index (χ2n) is 5.30. The van der Waals surface area contributed by atoms with Gasteiger partial charge in [-0.25, -0.2) is 9.78 Å². The van der Waals surface area contributed by atoms with Crippen molar-refractivity contribution in [3.8, 4) is 0 Å². The van der Waals surface area contributed by atoms with Crippen molar-refractivity contribution >= 4 is 38.9 Å². The number of hydrogen-bond donors (Lipinski definition) is 2. The van der Waals surface area contributed by atoms with Crippen LogP contribution in [0.2, 0.25) is 0 Å². The number of allylic oxidation sites excluding steroid dienone is 1. The Kier molecular flexibility index (Phi) is 3.20. The number of anilines is 1. The van der Waals surface area contributed by atoms with E-state index in [4.69, 9.17) is 0 Å². The number of hydrogen-bond acceptors (Lipinski definition) is 3. The van der Waals surface area contributed by atoms with Gasteiger partial charge in [-0.1, -0.05) is 40.2 Å². The molecule has 0 saturated heterocycles. The zero-order valence-electron chi connectivity index (χ0n) is 11.9. The molecule has 0 radical (unpaired) electrons. The van der Waals surface area contributed by atoms with E-state index in [1.54, 1.807) is 6.08 Å². The predicted octanol–water partition coefficient (Wildman–Crippen LogP) is 3.78. The van der Waals surface area contributed by atoms with Gasteiger partial charge in [0.2, 0.25) is 5.95 Å². The van der Waals surface area contributed by atoms with Crippen LogP contribution in [0.4, 0.5) is 5.95 Å². The van der Waals surface area contributed by atoms with E-state index in [-0.39, 0.29) is 11.7 Å². The maximum atomic E-state index is 11.4. The quantitative estimate of drug-likeness (QED) is 0.721. The van der Waals surface area contributed by atoms with Gasteiger partial charge in [0.25, 0.3) is 0 Å². The molecule has 0 saturated carbocycles. The summed E-state index contributed by atoms with van der Waals surface area (Å²) in [4.78, 5) is 16.0. The van der Waals surface area contributed by atoms with Crippen molar-refractivity contribution in [1.29, 1.82) is 0 Å². The van der Waals surface area contributed by atoms with Gasteiger partial charge in [-0.3, -0.25) is 4.57 Å². The molecule has 1 aromatic heterocycles. The van der Waals surface area contributed by atoms with E-state index in [9.17, 15) is 9.90 Å². The first kappa shape index (κ1) is 14.0. The van der Waals surface area contributed by atoms with Gasteiger partial charge in [-0.15, -0.1) is 0 Å². The molecule has 0 spiro atoms. The number of nitrogens with one attached hydrogen (secondary N) is 1. The maximum Gasteiger partial charge on any atom is 0.352 e. The number of aromatic nitrogens is 2. The van der Waals surface area contributed by atoms with Crippen molar-refractivity contribution < 1.29 is 9.90 Å². The van der Waals surface area contributed by atoms with Crippen LogP contribution < -0.4 is 5.32 Å². The summed E-state index contributed by atoms with van der Waals surface area (Å²) in [6, 6.07) is 15.4. The molecule has 5 nitrogen and oxygen atoms in total. The topological polar surface area (TPSA) is 67.1 Å². The van der Waals surface area contributed by atoms with Gasteiger partial charge in [0.1, 0.15) is 5.70 Å². The highest BCUT2D eigenvalue weighted by atomic mass is 79.9. The highest BCUT2D eigenvalue weighted by Gasteiger charge is 2.27. The second-order valence-corrected chi connectivity index (χ2v) is 6.22. The Hall–Kier alpha value is -2.60. The van der Waals surface area contributed by atoms with E-state index in [0.717, 1.165) is 21.1 Å². The van der Waals surface area contributed by atoms with Gasteiger partial charge in [-0.05, 0) is 35.9 Å². The van der Waals surface area contributed by atoms with Crippen LogP contribution in [-0.4, -0.2) is 20.6 Å². The van der Waals surface area contributed by atoms with Crippen molar-refractivity contribution in [3.63, 3.8) is 0 Å². The molecular formula is C17H12BrN3O2. The Morgan fingerprint density at radius 1 is 1.22 bits per heavy atom. The first-order chi connectivity index (χ1) is 11.1. The van der Waals surface area contributed by atoms with E-state index in [1.807, 2.05) is 53.1 Å². The van der Waals surface area contributed by atoms with Crippen LogP contribution in [0.1, 0.15) is 11.6 Å². The molecule has 2 N–H and O–H groups in total. The smallest absolute Gasteiger partial charge is 0.352 e. The number of rotatable bonds is 2. The zero-order chi connectivity index (χ0) is 16.0. The number of carboxylic acid groups (broad SMARTS) is 1. The Morgan fingerprint density at radius 3 is 2.83 bits per heavy atom. The minimum Gasteiger partial charge on any atom is -0.477 e. The van der Waals surface area contributed by atoms with E-state index < -0.39 is 5.97 Å². The molecule has 2 heterocycles. The van der Waals surface area contributed by atoms with Crippen molar-refractivity contribution in [2.24, 2.45) is 0 Å². The van der Waals surface area contributed by atoms with Gasteiger partial charge in [0, 0.05) is 4.47 Å². The molecule has 3 aromatic rings. The molecule has 0 amide bonds. The van der Waals surface area contributed by atoms with E-state index in [2.05, 4.69) is 26.2 Å². The lowest BCUT2D eigenvalue weighted by atomic mass is 10.0. The molecule has 1 atom stereocenters. The van der Waals surface area contributed by atoms with Crippen LogP contribution in [-0.2, 0) is 4.79 Å². The van der Waals surface area contributed by atoms with Gasteiger partial charge in [0.05, 0.1) is 17.1 Å². The third-order valence-electron chi connectivity index (χ3n) is 3.87. The molecule has 0 fully saturated rings. The second kappa shape index (κ2) is 5.24. The minimum absolute atomic E-state index is 0.137. The third-order valence-corrected chi connectivity index (χ3v) is 4.36. The summed E-state index contributed by atoms with van der Waals surface area (Å²) in [5.41, 5.74) is 2.91. The van der Waals surface area contributed by atoms with Crippen LogP contribution >= 0.6 is 15.9 Å². The molecule has 23 heavy (non-hydrogen) atoms. The summed E-state index contributed by atoms with van der Waals surface area (Å²) in [6.07, 6.45) is 1.71. The number of nitrogens with zero attached hydrogens (tertiary/aromatic N) is 2. The molecule has 0 bridgehead atoms. The SMILES string of the molecule is O=C(O)C1=C[C@H](c2cccc(Br)c2)n2c(nc3ccccc32)N1. The maximum absolute atomic E-state index is 11.4. The lowest BCUT2D eigenvalue weighted by Gasteiger charge is -2.25. The summed E-state index contributed by atoms with van der Waals surface area (Å²) < 4.78 is 2.97. The summed E-state index contributed by atoms with van der Waals surface area (Å²) in [5.74, 6) is -0.459. The fourth-order valence-electron chi connectivity index (χ4n) is 2.87. The molecule has 1 aliphatic rings. The Labute approximate surface area is 140 Å². The first-order valence-corrected chi connectivity index (χ1v) is 7.87. The summed E-state index contributed by atoms with van der Waals surface area (Å²) in [7, 11) is 0. The number of carboxylic acids is 1. The summed E-state index contributed by atoms with van der Waals surface area (Å²) in [5, 5.41) is 12.3. The van der Waals surface area contributed by atoms with Gasteiger partial charge < -0.3 is 10.4 Å². The largest absolute Gasteiger partial charge is 0.477 e. The number of fused-ring (bicyclic) bond motifs is 3. The Balaban J connectivity index is 1.98. The Morgan fingerprint density at radius 2 is 2.04 bits per heavy atom. The fourth-order valence-corrected chi connectivity index (χ4v) is 3.29. The average molecular weight is 370 g/mol. The minimum atomic E-state index is -0.997. The lowest BCUT2D eigenvalue weighted by molar-refractivity contribution is -0.132. The van der Waals surface area contributed by atoms with Crippen molar-refractivity contribution in [3.05, 3.63) is 70.3 Å². The molecule has 4 rings (SSSR count). The molecule has 0 unspecified atom stereocenters. The third kappa shape index (κ3) is 2.31. The molecule has 2 aromatic carbocycles. The normalized spacial score (nSPS) is 16.6. The molecule has 6 heteroatoms. The number of aliphatic carboxylic acids is 1. The van der Waals surface area contributed by atoms with Gasteiger partial charge >= 0.3 is 5.97 Å². The Bertz CT molecular complexity index is 961. The van der Waals surface area contributed by atoms with E-state index in [1.165, 1.54) is 0 Å². The predicted molar refractivity (Wildman–Crippen MR) is 91.4 cm³/mol. The van der Waals surface area contributed by atoms with E-state index >= 15 is 0 Å². The number of carbonyl (C=O) groups is 1. The van der Waals surface area contributed by atoms with Crippen LogP contribution in [0.15, 0.2) is 64.8 Å². The monoisotopic (exact) mass is 369 g/mol. The molecule has 0 aliphatic carbocycles. The number of para-hydroxylation sites is 2. The van der Waals surface area contributed by atoms with Crippen LogP contribution in [0.3, 0.4) is 0 Å². The molecule has 114 valence electrons. The van der Waals surface area contributed by atoms with Crippen LogP contribution in [0, 0.1) is 0 Å². The summed E-state index contributed by atoms with van der Waals surface area (Å²) >= 11 is 3.48. The summed E-state index contributed by atoms with van der Waals surface area (Å²) in [6.45, 7) is 0. The highest BCUT2D eigenvalue weighted by Crippen LogP contribution is 2.35. The van der Waals surface area contributed by atoms with Crippen molar-refractivity contribution in [1.82, 2.24) is 9.55 Å². The van der Waals surface area contributed by atoms with Gasteiger partial charge in [0.15, 0.2) is 0 Å². The number of imidazole rings is 1. The standard InChI is InChI=1S/C17H12BrN3O2/c18-11-5-3-4-10(8-11)15-9-13(16(22)23)20-17-19-12-6-1-2-7-14(12)21(15)17/h1-9,15H,(H,19,20)(H,22,23)/t15-/m1/s1. The van der Waals surface area contributed by atoms with Crippen LogP contribution in [0.25, 0.3) is 11.0 Å². The molecular weight excluding hydrogens is 358 g/mol. The number of benzene rings is 2. The molecule has 1 aliphatic heterocycles. The lowest BCUT2D eigenvalue weighted by Crippen LogP contribution is -2.23. The zero-order valence-corrected chi connectivity index (χ0v) is 13.5. The van der Waals surface area contributed by atoms with Crippen molar-refractivity contribution in [2.75, 3.05) is 5.32 Å². The number of halogens is 1. The average Bonchev–Trinajstić information content (AvgIpc) is 2.92. The van der Waals surface area contributed by atoms with Crippen LogP contribution in [0.5, 0.6) is 0 Å².